The van der Waals surface area contributed by atoms with Crippen LogP contribution in [0.15, 0.2) is 65.8 Å². The van der Waals surface area contributed by atoms with E-state index in [2.05, 4.69) is 10.4 Å². The summed E-state index contributed by atoms with van der Waals surface area (Å²) in [4.78, 5) is 11.8. The van der Waals surface area contributed by atoms with Crippen molar-refractivity contribution in [1.82, 2.24) is 9.78 Å². The Morgan fingerprint density at radius 2 is 1.73 bits per heavy atom. The molecule has 12 heteroatoms. The third-order valence-electron chi connectivity index (χ3n) is 4.00. The molecule has 1 amide bonds. The van der Waals surface area contributed by atoms with Crippen molar-refractivity contribution in [3.8, 4) is 5.69 Å². The monoisotopic (exact) mass is 445 g/mol. The van der Waals surface area contributed by atoms with E-state index in [9.17, 15) is 35.2 Å². The molecule has 0 saturated carbocycles. The van der Waals surface area contributed by atoms with Gasteiger partial charge in [-0.15, -0.1) is 0 Å². The van der Waals surface area contributed by atoms with Crippen LogP contribution in [0.1, 0.15) is 15.9 Å². The molecule has 0 unspecified atom stereocenters. The van der Waals surface area contributed by atoms with Crippen LogP contribution in [-0.2, 0) is 16.0 Å². The number of hydrogen-bond donors (Lipinski definition) is 1. The van der Waals surface area contributed by atoms with Gasteiger partial charge in [0.25, 0.3) is 5.91 Å². The lowest BCUT2D eigenvalue weighted by atomic mass is 10.1. The summed E-state index contributed by atoms with van der Waals surface area (Å²) >= 11 is 0. The van der Waals surface area contributed by atoms with E-state index in [0.29, 0.717) is 0 Å². The third-order valence-corrected chi connectivity index (χ3v) is 5.40. The number of halogens is 5. The molecule has 30 heavy (non-hydrogen) atoms. The molecular weight excluding hydrogens is 433 g/mol. The fourth-order valence-corrected chi connectivity index (χ4v) is 3.24. The Morgan fingerprint density at radius 3 is 2.27 bits per heavy atom. The fourth-order valence-electron chi connectivity index (χ4n) is 2.52. The molecule has 2 aromatic carbocycles. The molecule has 0 saturated heterocycles. The molecule has 0 spiro atoms. The van der Waals surface area contributed by atoms with Crippen LogP contribution in [0.2, 0.25) is 0 Å². The molecule has 3 aromatic rings. The highest BCUT2D eigenvalue weighted by Gasteiger charge is 2.31. The lowest BCUT2D eigenvalue weighted by Gasteiger charge is -2.15. The van der Waals surface area contributed by atoms with E-state index < -0.39 is 38.1 Å². The van der Waals surface area contributed by atoms with Gasteiger partial charge in [0.2, 0.25) is 9.84 Å². The van der Waals surface area contributed by atoms with Crippen molar-refractivity contribution in [3.63, 3.8) is 0 Å². The first-order valence-electron chi connectivity index (χ1n) is 8.15. The first-order valence-corrected chi connectivity index (χ1v) is 9.69. The minimum absolute atomic E-state index is 0.146. The van der Waals surface area contributed by atoms with Crippen molar-refractivity contribution >= 4 is 21.4 Å². The van der Waals surface area contributed by atoms with Gasteiger partial charge in [0.15, 0.2) is 0 Å². The number of aromatic nitrogens is 2. The van der Waals surface area contributed by atoms with Gasteiger partial charge in [0.05, 0.1) is 21.8 Å². The zero-order chi connectivity index (χ0) is 22.1. The number of alkyl halides is 5. The van der Waals surface area contributed by atoms with Gasteiger partial charge in [0, 0.05) is 18.0 Å². The Labute approximate surface area is 166 Å². The smallest absolute Gasteiger partial charge is 0.320 e. The number of hydrogen-bond acceptors (Lipinski definition) is 4. The molecule has 1 N–H and O–H groups in total. The maximum atomic E-state index is 13.1. The summed E-state index contributed by atoms with van der Waals surface area (Å²) in [7, 11) is -4.84. The van der Waals surface area contributed by atoms with Gasteiger partial charge < -0.3 is 5.32 Å². The van der Waals surface area contributed by atoms with Crippen LogP contribution in [0.5, 0.6) is 0 Å². The minimum atomic E-state index is -4.84. The second-order valence-electron chi connectivity index (χ2n) is 5.96. The van der Waals surface area contributed by atoms with Crippen molar-refractivity contribution in [2.45, 2.75) is 16.8 Å². The molecule has 0 atom stereocenters. The van der Waals surface area contributed by atoms with Gasteiger partial charge in [-0.25, -0.2) is 13.1 Å². The topological polar surface area (TPSA) is 81.1 Å². The number of sulfone groups is 1. The number of benzene rings is 2. The number of carbonyl (C=O) groups is 1. The van der Waals surface area contributed by atoms with Crippen LogP contribution in [0.4, 0.5) is 27.6 Å². The highest BCUT2D eigenvalue weighted by molar-refractivity contribution is 7.91. The first kappa shape index (κ1) is 21.4. The van der Waals surface area contributed by atoms with E-state index >= 15 is 0 Å². The molecule has 0 fully saturated rings. The molecule has 0 radical (unpaired) electrons. The van der Waals surface area contributed by atoms with E-state index in [4.69, 9.17) is 0 Å². The summed E-state index contributed by atoms with van der Waals surface area (Å²) in [5, 5.41) is 6.23. The molecule has 0 bridgehead atoms. The zero-order valence-electron chi connectivity index (χ0n) is 14.8. The van der Waals surface area contributed by atoms with E-state index in [1.807, 2.05) is 0 Å². The van der Waals surface area contributed by atoms with E-state index in [1.165, 1.54) is 23.1 Å². The quantitative estimate of drug-likeness (QED) is 0.599. The SMILES string of the molecule is O=C(Nc1cc(C(F)(F)F)ccc1-n1cccn1)c1ccc(S(=O)(=O)C(F)F)cc1. The average Bonchev–Trinajstić information content (AvgIpc) is 3.21. The van der Waals surface area contributed by atoms with Crippen molar-refractivity contribution in [2.75, 3.05) is 5.32 Å². The van der Waals surface area contributed by atoms with Gasteiger partial charge in [-0.2, -0.15) is 27.1 Å². The summed E-state index contributed by atoms with van der Waals surface area (Å²) in [5.74, 6) is -4.50. The number of nitrogens with one attached hydrogen (secondary N) is 1. The van der Waals surface area contributed by atoms with Crippen molar-refractivity contribution < 1.29 is 35.2 Å². The molecule has 1 heterocycles. The number of amides is 1. The standard InChI is InChI=1S/C18H12F5N3O3S/c19-17(20)30(28,29)13-5-2-11(3-6-13)16(27)25-14-10-12(18(21,22)23)4-7-15(14)26-9-1-8-24-26/h1-10,17H,(H,25,27). The number of carbonyl (C=O) groups excluding carboxylic acids is 1. The Bertz CT molecular complexity index is 1160. The maximum absolute atomic E-state index is 13.1. The first-order chi connectivity index (χ1) is 14.0. The van der Waals surface area contributed by atoms with Crippen molar-refractivity contribution in [3.05, 3.63) is 72.1 Å². The number of anilines is 1. The second-order valence-corrected chi connectivity index (χ2v) is 7.88. The van der Waals surface area contributed by atoms with Crippen molar-refractivity contribution in [2.24, 2.45) is 0 Å². The van der Waals surface area contributed by atoms with Gasteiger partial charge in [0.1, 0.15) is 0 Å². The van der Waals surface area contributed by atoms with Crippen LogP contribution in [-0.4, -0.2) is 29.9 Å². The average molecular weight is 445 g/mol. The van der Waals surface area contributed by atoms with Gasteiger partial charge in [-0.3, -0.25) is 4.79 Å². The maximum Gasteiger partial charge on any atom is 0.416 e. The van der Waals surface area contributed by atoms with Crippen LogP contribution in [0, 0.1) is 0 Å². The van der Waals surface area contributed by atoms with E-state index in [1.54, 1.807) is 0 Å². The lowest BCUT2D eigenvalue weighted by Crippen LogP contribution is -2.16. The van der Waals surface area contributed by atoms with E-state index in [-0.39, 0.29) is 16.9 Å². The third kappa shape index (κ3) is 4.32. The number of rotatable bonds is 5. The summed E-state index contributed by atoms with van der Waals surface area (Å²) in [6, 6.07) is 7.81. The Morgan fingerprint density at radius 1 is 1.07 bits per heavy atom. The molecule has 3 rings (SSSR count). The predicted octanol–water partition coefficient (Wildman–Crippen LogP) is 4.14. The molecule has 0 aliphatic rings. The van der Waals surface area contributed by atoms with E-state index in [0.717, 1.165) is 42.5 Å². The summed E-state index contributed by atoms with van der Waals surface area (Å²) in [6.07, 6.45) is -1.80. The largest absolute Gasteiger partial charge is 0.416 e. The molecule has 1 aromatic heterocycles. The molecule has 158 valence electrons. The Hall–Kier alpha value is -3.28. The van der Waals surface area contributed by atoms with Crippen LogP contribution < -0.4 is 5.32 Å². The van der Waals surface area contributed by atoms with Gasteiger partial charge in [-0.1, -0.05) is 0 Å². The Kier molecular flexibility index (Phi) is 5.61. The Balaban J connectivity index is 1.94. The highest BCUT2D eigenvalue weighted by Crippen LogP contribution is 2.33. The lowest BCUT2D eigenvalue weighted by molar-refractivity contribution is -0.137. The summed E-state index contributed by atoms with van der Waals surface area (Å²) < 4.78 is 88.5. The van der Waals surface area contributed by atoms with Crippen LogP contribution >= 0.6 is 0 Å². The molecular formula is C18H12F5N3O3S. The van der Waals surface area contributed by atoms with Crippen LogP contribution in [0.25, 0.3) is 5.69 Å². The normalized spacial score (nSPS) is 12.2. The minimum Gasteiger partial charge on any atom is -0.320 e. The second kappa shape index (κ2) is 7.86. The molecule has 6 nitrogen and oxygen atoms in total. The fraction of sp³-hybridized carbons (Fsp3) is 0.111. The summed E-state index contributed by atoms with van der Waals surface area (Å²) in [5.41, 5.74) is -1.21. The molecule has 0 aliphatic heterocycles. The molecule has 0 aliphatic carbocycles. The summed E-state index contributed by atoms with van der Waals surface area (Å²) in [6.45, 7) is 0. The zero-order valence-corrected chi connectivity index (χ0v) is 15.6. The predicted molar refractivity (Wildman–Crippen MR) is 96.2 cm³/mol. The van der Waals surface area contributed by atoms with Crippen LogP contribution in [0.3, 0.4) is 0 Å². The van der Waals surface area contributed by atoms with Gasteiger partial charge in [-0.05, 0) is 48.5 Å². The van der Waals surface area contributed by atoms with Crippen molar-refractivity contribution in [1.29, 1.82) is 0 Å². The highest BCUT2D eigenvalue weighted by atomic mass is 32.2. The van der Waals surface area contributed by atoms with Gasteiger partial charge >= 0.3 is 11.9 Å². The number of nitrogens with zero attached hydrogens (tertiary/aromatic N) is 2.